The van der Waals surface area contributed by atoms with Crippen molar-refractivity contribution in [1.82, 2.24) is 5.32 Å². The van der Waals surface area contributed by atoms with Crippen LogP contribution in [0.25, 0.3) is 0 Å². The van der Waals surface area contributed by atoms with Gasteiger partial charge in [-0.25, -0.2) is 0 Å². The quantitative estimate of drug-likeness (QED) is 0.654. The molecular weight excluding hydrogens is 298 g/mol. The number of carbonyl (C=O) groups is 2. The maximum atomic E-state index is 12.0. The van der Waals surface area contributed by atoms with Gasteiger partial charge in [-0.15, -0.1) is 0 Å². The van der Waals surface area contributed by atoms with Crippen LogP contribution in [-0.2, 0) is 11.3 Å². The van der Waals surface area contributed by atoms with Crippen molar-refractivity contribution in [3.05, 3.63) is 69.8 Å². The summed E-state index contributed by atoms with van der Waals surface area (Å²) >= 11 is 0. The standard InChI is InChI=1S/C16H15N3O4/c1-11(20)18-14-6-2-12(3-7-14)10-17-16(21)13-4-8-15(9-5-13)19(22)23/h2-9H,10H2,1H3,(H,17,21)(H,18,20). The highest BCUT2D eigenvalue weighted by Crippen LogP contribution is 2.12. The molecule has 7 nitrogen and oxygen atoms in total. The second-order valence-corrected chi connectivity index (χ2v) is 4.86. The van der Waals surface area contributed by atoms with Gasteiger partial charge in [0.1, 0.15) is 0 Å². The highest BCUT2D eigenvalue weighted by Gasteiger charge is 2.09. The Hall–Kier alpha value is -3.22. The number of amides is 2. The van der Waals surface area contributed by atoms with E-state index in [1.54, 1.807) is 24.3 Å². The number of nitrogens with one attached hydrogen (secondary N) is 2. The van der Waals surface area contributed by atoms with Crippen molar-refractivity contribution in [3.8, 4) is 0 Å². The number of carbonyl (C=O) groups excluding carboxylic acids is 2. The second kappa shape index (κ2) is 7.17. The van der Waals surface area contributed by atoms with E-state index in [-0.39, 0.29) is 17.5 Å². The van der Waals surface area contributed by atoms with Gasteiger partial charge in [0.2, 0.25) is 5.91 Å². The van der Waals surface area contributed by atoms with Crippen molar-refractivity contribution in [2.45, 2.75) is 13.5 Å². The third-order valence-electron chi connectivity index (χ3n) is 3.07. The van der Waals surface area contributed by atoms with Gasteiger partial charge in [0, 0.05) is 36.9 Å². The molecule has 0 unspecified atom stereocenters. The molecule has 0 saturated heterocycles. The molecule has 23 heavy (non-hydrogen) atoms. The van der Waals surface area contributed by atoms with E-state index < -0.39 is 4.92 Å². The lowest BCUT2D eigenvalue weighted by atomic mass is 10.1. The van der Waals surface area contributed by atoms with Crippen LogP contribution in [0.15, 0.2) is 48.5 Å². The Kier molecular flexibility index (Phi) is 5.03. The summed E-state index contributed by atoms with van der Waals surface area (Å²) in [5.74, 6) is -0.463. The van der Waals surface area contributed by atoms with Gasteiger partial charge in [0.25, 0.3) is 11.6 Å². The van der Waals surface area contributed by atoms with E-state index in [2.05, 4.69) is 10.6 Å². The van der Waals surface area contributed by atoms with Gasteiger partial charge in [0.05, 0.1) is 4.92 Å². The minimum absolute atomic E-state index is 0.0601. The van der Waals surface area contributed by atoms with Crippen LogP contribution in [-0.4, -0.2) is 16.7 Å². The molecule has 0 aliphatic rings. The number of non-ortho nitro benzene ring substituents is 1. The lowest BCUT2D eigenvalue weighted by Crippen LogP contribution is -2.22. The molecule has 2 aromatic rings. The Morgan fingerprint density at radius 2 is 1.65 bits per heavy atom. The summed E-state index contributed by atoms with van der Waals surface area (Å²) in [6, 6.07) is 12.5. The number of anilines is 1. The Balaban J connectivity index is 1.93. The van der Waals surface area contributed by atoms with Crippen LogP contribution in [0.2, 0.25) is 0 Å². The highest BCUT2D eigenvalue weighted by atomic mass is 16.6. The van der Waals surface area contributed by atoms with E-state index in [0.29, 0.717) is 17.8 Å². The fourth-order valence-electron chi connectivity index (χ4n) is 1.93. The molecule has 0 bridgehead atoms. The van der Waals surface area contributed by atoms with Crippen molar-refractivity contribution in [3.63, 3.8) is 0 Å². The summed E-state index contributed by atoms with van der Waals surface area (Å²) < 4.78 is 0. The first-order chi connectivity index (χ1) is 11.0. The SMILES string of the molecule is CC(=O)Nc1ccc(CNC(=O)c2ccc([N+](=O)[O-])cc2)cc1. The Bertz CT molecular complexity index is 724. The molecule has 0 spiro atoms. The maximum absolute atomic E-state index is 12.0. The summed E-state index contributed by atoms with van der Waals surface area (Å²) in [6.45, 7) is 1.74. The maximum Gasteiger partial charge on any atom is 0.269 e. The number of hydrogen-bond donors (Lipinski definition) is 2. The molecule has 0 aromatic heterocycles. The zero-order valence-corrected chi connectivity index (χ0v) is 12.4. The van der Waals surface area contributed by atoms with E-state index in [9.17, 15) is 19.7 Å². The molecule has 0 aliphatic heterocycles. The third-order valence-corrected chi connectivity index (χ3v) is 3.07. The smallest absolute Gasteiger partial charge is 0.269 e. The normalized spacial score (nSPS) is 9.96. The van der Waals surface area contributed by atoms with Crippen molar-refractivity contribution >= 4 is 23.2 Å². The number of rotatable bonds is 5. The molecule has 0 heterocycles. The van der Waals surface area contributed by atoms with E-state index in [4.69, 9.17) is 0 Å². The van der Waals surface area contributed by atoms with Crippen molar-refractivity contribution in [2.75, 3.05) is 5.32 Å². The van der Waals surface area contributed by atoms with Gasteiger partial charge in [-0.2, -0.15) is 0 Å². The van der Waals surface area contributed by atoms with Crippen LogP contribution in [0.3, 0.4) is 0 Å². The number of nitro groups is 1. The van der Waals surface area contributed by atoms with Crippen LogP contribution in [0.4, 0.5) is 11.4 Å². The Labute approximate surface area is 132 Å². The average Bonchev–Trinajstić information content (AvgIpc) is 2.53. The molecule has 0 atom stereocenters. The van der Waals surface area contributed by atoms with Gasteiger partial charge in [-0.05, 0) is 29.8 Å². The molecule has 2 rings (SSSR count). The van der Waals surface area contributed by atoms with Gasteiger partial charge in [0.15, 0.2) is 0 Å². The van der Waals surface area contributed by atoms with Crippen molar-refractivity contribution in [1.29, 1.82) is 0 Å². The molecule has 0 radical (unpaired) electrons. The first-order valence-corrected chi connectivity index (χ1v) is 6.85. The first kappa shape index (κ1) is 16.2. The van der Waals surface area contributed by atoms with Crippen LogP contribution in [0.5, 0.6) is 0 Å². The van der Waals surface area contributed by atoms with E-state index >= 15 is 0 Å². The molecular formula is C16H15N3O4. The lowest BCUT2D eigenvalue weighted by Gasteiger charge is -2.07. The Morgan fingerprint density at radius 3 is 2.17 bits per heavy atom. The molecule has 0 saturated carbocycles. The van der Waals surface area contributed by atoms with Crippen LogP contribution in [0.1, 0.15) is 22.8 Å². The molecule has 2 amide bonds. The zero-order valence-electron chi connectivity index (χ0n) is 12.4. The largest absolute Gasteiger partial charge is 0.348 e. The minimum Gasteiger partial charge on any atom is -0.348 e. The lowest BCUT2D eigenvalue weighted by molar-refractivity contribution is -0.384. The van der Waals surface area contributed by atoms with Gasteiger partial charge >= 0.3 is 0 Å². The average molecular weight is 313 g/mol. The number of hydrogen-bond acceptors (Lipinski definition) is 4. The summed E-state index contributed by atoms with van der Waals surface area (Å²) in [5, 5.41) is 15.9. The second-order valence-electron chi connectivity index (χ2n) is 4.86. The van der Waals surface area contributed by atoms with Crippen LogP contribution < -0.4 is 10.6 Å². The summed E-state index contributed by atoms with van der Waals surface area (Å²) in [7, 11) is 0. The molecule has 2 N–H and O–H groups in total. The van der Waals surface area contributed by atoms with Crippen molar-refractivity contribution < 1.29 is 14.5 Å². The number of nitrogens with zero attached hydrogens (tertiary/aromatic N) is 1. The van der Waals surface area contributed by atoms with Gasteiger partial charge < -0.3 is 10.6 Å². The molecule has 0 aliphatic carbocycles. The van der Waals surface area contributed by atoms with E-state index in [1.807, 2.05) is 0 Å². The molecule has 0 fully saturated rings. The van der Waals surface area contributed by atoms with Crippen LogP contribution in [0, 0.1) is 10.1 Å². The monoisotopic (exact) mass is 313 g/mol. The molecule has 118 valence electrons. The molecule has 2 aromatic carbocycles. The summed E-state index contributed by atoms with van der Waals surface area (Å²) in [5.41, 5.74) is 1.85. The van der Waals surface area contributed by atoms with Crippen LogP contribution >= 0.6 is 0 Å². The molecule has 7 heteroatoms. The van der Waals surface area contributed by atoms with Gasteiger partial charge in [-0.1, -0.05) is 12.1 Å². The fraction of sp³-hybridized carbons (Fsp3) is 0.125. The Morgan fingerprint density at radius 1 is 1.04 bits per heavy atom. The minimum atomic E-state index is -0.516. The third kappa shape index (κ3) is 4.63. The summed E-state index contributed by atoms with van der Waals surface area (Å²) in [4.78, 5) is 32.9. The number of benzene rings is 2. The van der Waals surface area contributed by atoms with E-state index in [0.717, 1.165) is 5.56 Å². The van der Waals surface area contributed by atoms with E-state index in [1.165, 1.54) is 31.2 Å². The predicted molar refractivity (Wildman–Crippen MR) is 85.0 cm³/mol. The topological polar surface area (TPSA) is 101 Å². The predicted octanol–water partition coefficient (Wildman–Crippen LogP) is 2.48. The highest BCUT2D eigenvalue weighted by molar-refractivity contribution is 5.94. The fourth-order valence-corrected chi connectivity index (χ4v) is 1.93. The van der Waals surface area contributed by atoms with Gasteiger partial charge in [-0.3, -0.25) is 19.7 Å². The first-order valence-electron chi connectivity index (χ1n) is 6.85. The number of nitro benzene ring substituents is 1. The van der Waals surface area contributed by atoms with Crippen molar-refractivity contribution in [2.24, 2.45) is 0 Å². The summed E-state index contributed by atoms with van der Waals surface area (Å²) in [6.07, 6.45) is 0. The zero-order chi connectivity index (χ0) is 16.8.